The summed E-state index contributed by atoms with van der Waals surface area (Å²) in [5.41, 5.74) is 29.2. The van der Waals surface area contributed by atoms with Gasteiger partial charge in [0.2, 0.25) is 0 Å². The quantitative estimate of drug-likeness (QED) is 0.127. The lowest BCUT2D eigenvalue weighted by Crippen LogP contribution is -2.14. The fourth-order valence-corrected chi connectivity index (χ4v) is 25.6. The Morgan fingerprint density at radius 2 is 0.399 bits per heavy atom. The highest BCUT2D eigenvalue weighted by molar-refractivity contribution is 7.27. The van der Waals surface area contributed by atoms with Crippen molar-refractivity contribution in [1.82, 2.24) is 4.57 Å². The van der Waals surface area contributed by atoms with Gasteiger partial charge < -0.3 is 4.57 Å². The molecule has 0 fully saturated rings. The molecule has 138 heavy (non-hydrogen) atoms. The van der Waals surface area contributed by atoms with Crippen LogP contribution in [0.4, 0.5) is 0 Å². The third-order valence-corrected chi connectivity index (χ3v) is 32.1. The highest BCUT2D eigenvalue weighted by atomic mass is 32.1. The predicted molar refractivity (Wildman–Crippen MR) is 598 cm³/mol. The Balaban J connectivity index is 0.000000105. The lowest BCUT2D eigenvalue weighted by molar-refractivity contribution is 0.661. The third-order valence-electron chi connectivity index (χ3n) is 29.5. The van der Waals surface area contributed by atoms with Gasteiger partial charge in [0.25, 0.3) is 0 Å². The summed E-state index contributed by atoms with van der Waals surface area (Å²) in [6.45, 7) is 4.73. The first-order valence-electron chi connectivity index (χ1n) is 47.8. The van der Waals surface area contributed by atoms with Crippen molar-refractivity contribution in [3.05, 3.63) is 503 Å². The van der Waals surface area contributed by atoms with Crippen LogP contribution in [0.1, 0.15) is 25.0 Å². The van der Waals surface area contributed by atoms with Crippen LogP contribution in [0, 0.1) is 0 Å². The van der Waals surface area contributed by atoms with E-state index >= 15 is 0 Å². The second kappa shape index (κ2) is 32.7. The number of benzene rings is 25. The molecule has 29 rings (SSSR count). The summed E-state index contributed by atoms with van der Waals surface area (Å²) in [5.74, 6) is 0. The van der Waals surface area contributed by atoms with E-state index in [1.165, 1.54) is 276 Å². The number of nitrogens with zero attached hydrogens (tertiary/aromatic N) is 1. The van der Waals surface area contributed by atoms with Gasteiger partial charge in [0.15, 0.2) is 0 Å². The molecule has 0 radical (unpaired) electrons. The van der Waals surface area contributed by atoms with Crippen LogP contribution in [0.15, 0.2) is 491 Å². The van der Waals surface area contributed by atoms with Crippen molar-refractivity contribution in [3.8, 4) is 106 Å². The molecule has 644 valence electrons. The second-order valence-corrected chi connectivity index (χ2v) is 39.5. The highest BCUT2D eigenvalue weighted by Gasteiger charge is 2.37. The molecule has 3 heterocycles. The minimum atomic E-state index is -0.0637. The summed E-state index contributed by atoms with van der Waals surface area (Å²) in [6, 6.07) is 181. The normalized spacial score (nSPS) is 12.3. The molecule has 1 aliphatic carbocycles. The van der Waals surface area contributed by atoms with Crippen molar-refractivity contribution in [2.24, 2.45) is 0 Å². The second-order valence-electron chi connectivity index (χ2n) is 37.4. The van der Waals surface area contributed by atoms with Crippen molar-refractivity contribution in [2.75, 3.05) is 0 Å². The Morgan fingerprint density at radius 3 is 0.833 bits per heavy atom. The summed E-state index contributed by atoms with van der Waals surface area (Å²) >= 11 is 3.83. The van der Waals surface area contributed by atoms with Crippen molar-refractivity contribution < 1.29 is 0 Å². The largest absolute Gasteiger partial charge is 0.309 e. The van der Waals surface area contributed by atoms with E-state index in [4.69, 9.17) is 0 Å². The number of fused-ring (bicyclic) bond motifs is 30. The maximum atomic E-state index is 2.46. The molecule has 0 saturated carbocycles. The third kappa shape index (κ3) is 13.2. The van der Waals surface area contributed by atoms with Crippen molar-refractivity contribution in [1.29, 1.82) is 0 Å². The minimum absolute atomic E-state index is 0.0637. The van der Waals surface area contributed by atoms with Gasteiger partial charge in [0, 0.05) is 62.2 Å². The van der Waals surface area contributed by atoms with Crippen LogP contribution in [-0.2, 0) is 5.41 Å². The van der Waals surface area contributed by atoms with Gasteiger partial charge in [-0.2, -0.15) is 0 Å². The van der Waals surface area contributed by atoms with Crippen LogP contribution < -0.4 is 0 Å². The average Bonchev–Trinajstić information content (AvgIpc) is 1.55. The maximum absolute atomic E-state index is 2.46. The summed E-state index contributed by atoms with van der Waals surface area (Å²) in [6.07, 6.45) is 0. The topological polar surface area (TPSA) is 4.93 Å². The van der Waals surface area contributed by atoms with Crippen LogP contribution >= 0.6 is 22.7 Å². The number of thiophene rings is 2. The zero-order chi connectivity index (χ0) is 91.2. The lowest BCUT2D eigenvalue weighted by Gasteiger charge is -2.21. The fraction of sp³-hybridized carbons (Fsp3) is 0.0222. The molecule has 1 aliphatic rings. The first-order chi connectivity index (χ1) is 68.2. The van der Waals surface area contributed by atoms with E-state index in [2.05, 4.69) is 510 Å². The van der Waals surface area contributed by atoms with Crippen molar-refractivity contribution in [2.45, 2.75) is 19.3 Å². The molecule has 0 spiro atoms. The number of para-hydroxylation sites is 1. The van der Waals surface area contributed by atoms with E-state index < -0.39 is 0 Å². The standard InChI is InChI=1S/C51H35N.2C42H26S/c1-51(2)47-22-11-10-21-42(47)44-30-46-45-29-35(24-26-49(45)52(50(46)31-48(44)51)36-15-4-3-5-16-36)33-14-12-13-32(27-33)34-23-25-41-39-19-7-6-17-37(39)38-18-8-9-20-40(38)43(41)28-34;1-2-11-27(12-3-1)31-19-9-21-38-39-22-10-20-32(42(39)43-41(31)38)30-14-8-13-28(25-30)29-23-24-37-35-17-5-4-15-33(35)34-16-6-7-18-36(34)40(37)26-29;1-2-10-27(11-3-1)28-20-22-29(23-21-28)31-16-8-18-38-39-19-9-17-32(42(39)43-41(31)38)30-24-25-37-35-14-5-4-12-33(35)34-13-6-7-15-36(34)40(37)26-30/h3-31H,1-2H3;2*1-26H. The maximum Gasteiger partial charge on any atom is 0.0544 e. The van der Waals surface area contributed by atoms with Crippen LogP contribution in [0.2, 0.25) is 0 Å². The van der Waals surface area contributed by atoms with E-state index in [9.17, 15) is 0 Å². The van der Waals surface area contributed by atoms with E-state index in [1.807, 2.05) is 22.7 Å². The summed E-state index contributed by atoms with van der Waals surface area (Å²) in [7, 11) is 0. The molecule has 1 nitrogen and oxygen atoms in total. The predicted octanol–water partition coefficient (Wildman–Crippen LogP) is 38.9. The van der Waals surface area contributed by atoms with E-state index in [-0.39, 0.29) is 5.41 Å². The van der Waals surface area contributed by atoms with Gasteiger partial charge in [-0.3, -0.25) is 0 Å². The Morgan fingerprint density at radius 1 is 0.145 bits per heavy atom. The van der Waals surface area contributed by atoms with Gasteiger partial charge in [-0.25, -0.2) is 0 Å². The Labute approximate surface area is 807 Å². The van der Waals surface area contributed by atoms with Crippen LogP contribution in [0.25, 0.3) is 265 Å². The Bertz CT molecular complexity index is 9750. The molecular weight excluding hydrogens is 1700 g/mol. The van der Waals surface area contributed by atoms with Gasteiger partial charge in [-0.05, 0) is 275 Å². The molecule has 0 bridgehead atoms. The van der Waals surface area contributed by atoms with Crippen LogP contribution in [-0.4, -0.2) is 4.57 Å². The number of hydrogen-bond acceptors (Lipinski definition) is 2. The molecule has 28 aromatic rings. The van der Waals surface area contributed by atoms with Gasteiger partial charge in [0.1, 0.15) is 0 Å². The Hall–Kier alpha value is -16.9. The molecule has 3 aromatic heterocycles. The van der Waals surface area contributed by atoms with Crippen LogP contribution in [0.3, 0.4) is 0 Å². The molecule has 0 aliphatic heterocycles. The lowest BCUT2D eigenvalue weighted by atomic mass is 9.82. The SMILES string of the molecule is CC1(C)c2ccccc2-c2cc3c4cc(-c5cccc(-c6ccc7c8ccccc8c8ccccc8c7c6)c5)ccc4n(-c4ccccc4)c3cc21.c1ccc(-c2ccc(-c3cccc4c3sc3c(-c5ccc6c7ccccc7c7ccccc7c6c5)cccc34)cc2)cc1.c1ccc(-c2cccc3c2sc2c(-c4cccc(-c5ccc6c7ccccc7c7ccccc7c6c5)c4)cccc23)cc1. The number of aromatic nitrogens is 1. The van der Waals surface area contributed by atoms with Crippen LogP contribution in [0.5, 0.6) is 0 Å². The monoisotopic (exact) mass is 1790 g/mol. The fourth-order valence-electron chi connectivity index (χ4n) is 22.9. The van der Waals surface area contributed by atoms with Gasteiger partial charge in [-0.1, -0.05) is 438 Å². The number of rotatable bonds is 9. The Kier molecular flexibility index (Phi) is 19.1. The molecule has 25 aromatic carbocycles. The molecule has 0 atom stereocenters. The van der Waals surface area contributed by atoms with E-state index in [1.54, 1.807) is 0 Å². The zero-order valence-corrected chi connectivity index (χ0v) is 77.7. The minimum Gasteiger partial charge on any atom is -0.309 e. The molecule has 0 saturated heterocycles. The molecular formula is C135H87NS2. The van der Waals surface area contributed by atoms with E-state index in [0.717, 1.165) is 0 Å². The van der Waals surface area contributed by atoms with Crippen molar-refractivity contribution in [3.63, 3.8) is 0 Å². The summed E-state index contributed by atoms with van der Waals surface area (Å²) in [5, 5.41) is 31.4. The molecule has 0 unspecified atom stereocenters. The average molecular weight is 1790 g/mol. The molecule has 0 amide bonds. The van der Waals surface area contributed by atoms with Gasteiger partial charge in [-0.15, -0.1) is 22.7 Å². The first kappa shape index (κ1) is 80.7. The smallest absolute Gasteiger partial charge is 0.0544 e. The first-order valence-corrected chi connectivity index (χ1v) is 49.4. The van der Waals surface area contributed by atoms with Gasteiger partial charge in [0.05, 0.1) is 11.0 Å². The molecule has 0 N–H and O–H groups in total. The summed E-state index contributed by atoms with van der Waals surface area (Å²) in [4.78, 5) is 0. The zero-order valence-electron chi connectivity index (χ0n) is 76.0. The van der Waals surface area contributed by atoms with Crippen molar-refractivity contribution >= 4 is 182 Å². The highest BCUT2D eigenvalue weighted by Crippen LogP contribution is 2.54. The van der Waals surface area contributed by atoms with E-state index in [0.29, 0.717) is 0 Å². The number of hydrogen-bond donors (Lipinski definition) is 0. The van der Waals surface area contributed by atoms with Gasteiger partial charge >= 0.3 is 0 Å². The summed E-state index contributed by atoms with van der Waals surface area (Å²) < 4.78 is 7.83. The molecule has 3 heteroatoms.